The van der Waals surface area contributed by atoms with Gasteiger partial charge in [0.15, 0.2) is 0 Å². The molecule has 0 unspecified atom stereocenters. The van der Waals surface area contributed by atoms with Gasteiger partial charge in [-0.25, -0.2) is 0 Å². The number of hydrogen-bond acceptors (Lipinski definition) is 0. The lowest BCUT2D eigenvalue weighted by Gasteiger charge is -2.02. The summed E-state index contributed by atoms with van der Waals surface area (Å²) in [6, 6.07) is 0. The van der Waals surface area contributed by atoms with E-state index in [2.05, 4.69) is 38.2 Å². The van der Waals surface area contributed by atoms with Crippen LogP contribution in [-0.4, -0.2) is 0 Å². The maximum atomic E-state index is 2.41. The average molecular weight is 190 g/mol. The summed E-state index contributed by atoms with van der Waals surface area (Å²) in [6.45, 7) is 4.48. The number of rotatable bonds is 0. The fraction of sp³-hybridized carbons (Fsp3) is 0.571. The molecule has 14 heavy (non-hydrogen) atoms. The molecule has 0 N–H and O–H groups in total. The van der Waals surface area contributed by atoms with Gasteiger partial charge in [-0.15, -0.1) is 0 Å². The van der Waals surface area contributed by atoms with Gasteiger partial charge in [-0.2, -0.15) is 0 Å². The zero-order valence-electron chi connectivity index (χ0n) is 9.55. The molecular weight excluding hydrogens is 168 g/mol. The van der Waals surface area contributed by atoms with Gasteiger partial charge in [-0.1, -0.05) is 35.5 Å². The van der Waals surface area contributed by atoms with Gasteiger partial charge in [-0.3, -0.25) is 0 Å². The Hall–Kier alpha value is -0.780. The molecule has 78 valence electrons. The molecule has 1 rings (SSSR count). The van der Waals surface area contributed by atoms with Crippen molar-refractivity contribution in [1.29, 1.82) is 0 Å². The van der Waals surface area contributed by atoms with Gasteiger partial charge in [0.05, 0.1) is 0 Å². The highest BCUT2D eigenvalue weighted by Crippen LogP contribution is 2.13. The minimum Gasteiger partial charge on any atom is -0.0856 e. The average Bonchev–Trinajstić information content (AvgIpc) is 2.14. The Balaban J connectivity index is 2.51. The molecule has 1 aliphatic rings. The van der Waals surface area contributed by atoms with E-state index in [9.17, 15) is 0 Å². The van der Waals surface area contributed by atoms with E-state index in [0.29, 0.717) is 0 Å². The second-order valence-electron chi connectivity index (χ2n) is 4.28. The van der Waals surface area contributed by atoms with Crippen LogP contribution in [0.2, 0.25) is 0 Å². The molecule has 0 aromatic carbocycles. The maximum absolute atomic E-state index is 2.41. The summed E-state index contributed by atoms with van der Waals surface area (Å²) in [6.07, 6.45) is 16.8. The van der Waals surface area contributed by atoms with E-state index in [-0.39, 0.29) is 0 Å². The van der Waals surface area contributed by atoms with E-state index in [4.69, 9.17) is 0 Å². The molecule has 0 heterocycles. The van der Waals surface area contributed by atoms with E-state index < -0.39 is 0 Å². The molecule has 0 heteroatoms. The molecule has 0 atom stereocenters. The fourth-order valence-electron chi connectivity index (χ4n) is 1.72. The smallest absolute Gasteiger partial charge is 0.0288 e. The lowest BCUT2D eigenvalue weighted by atomic mass is 10.0. The van der Waals surface area contributed by atoms with Crippen molar-refractivity contribution in [2.75, 3.05) is 0 Å². The third-order valence-corrected chi connectivity index (χ3v) is 2.74. The topological polar surface area (TPSA) is 0 Å². The van der Waals surface area contributed by atoms with E-state index in [1.165, 1.54) is 44.1 Å². The van der Waals surface area contributed by atoms with Crippen LogP contribution in [0.15, 0.2) is 35.5 Å². The van der Waals surface area contributed by atoms with Gasteiger partial charge >= 0.3 is 0 Å². The van der Waals surface area contributed by atoms with Crippen molar-refractivity contribution in [1.82, 2.24) is 0 Å². The summed E-state index contributed by atoms with van der Waals surface area (Å²) in [7, 11) is 0. The minimum absolute atomic E-state index is 1.19. The summed E-state index contributed by atoms with van der Waals surface area (Å²) >= 11 is 0. The Morgan fingerprint density at radius 1 is 0.929 bits per heavy atom. The van der Waals surface area contributed by atoms with Crippen LogP contribution in [0, 0.1) is 0 Å². The van der Waals surface area contributed by atoms with E-state index in [1.807, 2.05) is 0 Å². The van der Waals surface area contributed by atoms with Gasteiger partial charge in [0.2, 0.25) is 0 Å². The molecule has 0 aromatic heterocycles. The van der Waals surface area contributed by atoms with Crippen molar-refractivity contribution in [2.24, 2.45) is 0 Å². The molecule has 0 saturated heterocycles. The molecule has 0 saturated carbocycles. The van der Waals surface area contributed by atoms with Crippen molar-refractivity contribution in [3.05, 3.63) is 35.5 Å². The second-order valence-corrected chi connectivity index (χ2v) is 4.28. The Kier molecular flexibility index (Phi) is 5.36. The Labute approximate surface area is 88.4 Å². The molecule has 0 aliphatic heterocycles. The Morgan fingerprint density at radius 2 is 1.79 bits per heavy atom. The van der Waals surface area contributed by atoms with E-state index in [0.717, 1.165) is 0 Å². The Bertz CT molecular complexity index is 241. The molecule has 0 aromatic rings. The highest BCUT2D eigenvalue weighted by Gasteiger charge is 1.93. The summed E-state index contributed by atoms with van der Waals surface area (Å²) in [5.74, 6) is 0. The number of allylic oxidation sites excluding steroid dienone is 6. The molecule has 0 amide bonds. The highest BCUT2D eigenvalue weighted by atomic mass is 14.0. The zero-order chi connectivity index (χ0) is 10.2. The summed E-state index contributed by atoms with van der Waals surface area (Å²) in [5, 5.41) is 0. The van der Waals surface area contributed by atoms with Crippen LogP contribution in [0.1, 0.15) is 52.4 Å². The fourth-order valence-corrected chi connectivity index (χ4v) is 1.72. The molecule has 1 aliphatic carbocycles. The summed E-state index contributed by atoms with van der Waals surface area (Å²) in [4.78, 5) is 0. The first-order valence-electron chi connectivity index (χ1n) is 5.77. The first-order valence-corrected chi connectivity index (χ1v) is 5.77. The largest absolute Gasteiger partial charge is 0.0856 e. The van der Waals surface area contributed by atoms with Crippen LogP contribution in [0.5, 0.6) is 0 Å². The Morgan fingerprint density at radius 3 is 2.64 bits per heavy atom. The lowest BCUT2D eigenvalue weighted by Crippen LogP contribution is -1.82. The van der Waals surface area contributed by atoms with Crippen molar-refractivity contribution >= 4 is 0 Å². The molecule has 0 spiro atoms. The van der Waals surface area contributed by atoms with Crippen LogP contribution >= 0.6 is 0 Å². The molecule has 0 nitrogen and oxygen atoms in total. The number of hydrogen-bond donors (Lipinski definition) is 0. The predicted octanol–water partition coefficient (Wildman–Crippen LogP) is 4.79. The van der Waals surface area contributed by atoms with Crippen LogP contribution in [0.4, 0.5) is 0 Å². The minimum atomic E-state index is 1.19. The van der Waals surface area contributed by atoms with Gasteiger partial charge in [0.25, 0.3) is 0 Å². The second kappa shape index (κ2) is 6.64. The van der Waals surface area contributed by atoms with Crippen LogP contribution in [0.25, 0.3) is 0 Å². The van der Waals surface area contributed by atoms with Gasteiger partial charge in [-0.05, 0) is 52.4 Å². The first-order chi connectivity index (χ1) is 6.79. The summed E-state index contributed by atoms with van der Waals surface area (Å²) < 4.78 is 0. The maximum Gasteiger partial charge on any atom is -0.0288 e. The van der Waals surface area contributed by atoms with Crippen LogP contribution in [-0.2, 0) is 0 Å². The standard InChI is InChI=1S/C14H22/c1-13-9-5-3-7-11-14(2)12-8-4-6-10-13/h3,5,9,12H,4,6-8,10-11H2,1-2H3. The molecular formula is C14H22. The van der Waals surface area contributed by atoms with Crippen molar-refractivity contribution in [2.45, 2.75) is 52.4 Å². The lowest BCUT2D eigenvalue weighted by molar-refractivity contribution is 0.737. The van der Waals surface area contributed by atoms with Crippen molar-refractivity contribution in [3.63, 3.8) is 0 Å². The van der Waals surface area contributed by atoms with Crippen LogP contribution in [0.3, 0.4) is 0 Å². The monoisotopic (exact) mass is 190 g/mol. The third kappa shape index (κ3) is 5.06. The third-order valence-electron chi connectivity index (χ3n) is 2.74. The van der Waals surface area contributed by atoms with E-state index in [1.54, 1.807) is 5.57 Å². The first kappa shape index (κ1) is 11.3. The SMILES string of the molecule is CC1=CCCCCC(C)=CC=CCC1. The quantitative estimate of drug-likeness (QED) is 0.482. The summed E-state index contributed by atoms with van der Waals surface area (Å²) in [5.41, 5.74) is 3.07. The normalized spacial score (nSPS) is 20.4. The van der Waals surface area contributed by atoms with Gasteiger partial charge < -0.3 is 0 Å². The zero-order valence-corrected chi connectivity index (χ0v) is 9.55. The highest BCUT2D eigenvalue weighted by molar-refractivity contribution is 5.11. The molecule has 0 bridgehead atoms. The van der Waals surface area contributed by atoms with Crippen LogP contribution < -0.4 is 0 Å². The molecule has 0 radical (unpaired) electrons. The predicted molar refractivity (Wildman–Crippen MR) is 64.4 cm³/mol. The van der Waals surface area contributed by atoms with Crippen molar-refractivity contribution in [3.8, 4) is 0 Å². The van der Waals surface area contributed by atoms with Crippen molar-refractivity contribution < 1.29 is 0 Å². The van der Waals surface area contributed by atoms with Gasteiger partial charge in [0.1, 0.15) is 0 Å². The van der Waals surface area contributed by atoms with E-state index >= 15 is 0 Å². The van der Waals surface area contributed by atoms with Gasteiger partial charge in [0, 0.05) is 0 Å². The molecule has 0 fully saturated rings.